The van der Waals surface area contributed by atoms with Crippen molar-refractivity contribution in [1.82, 2.24) is 0 Å². The Balaban J connectivity index is 1.43. The van der Waals surface area contributed by atoms with Crippen LogP contribution in [0.3, 0.4) is 0 Å². The highest BCUT2D eigenvalue weighted by Crippen LogP contribution is 2.29. The molecule has 0 unspecified atom stereocenters. The first-order chi connectivity index (χ1) is 13.7. The molecule has 4 rings (SSSR count). The monoisotopic (exact) mass is 390 g/mol. The molecule has 0 spiro atoms. The minimum atomic E-state index is -0.357. The number of cyclic esters (lactones) is 1. The molecule has 3 aromatic carbocycles. The SMILES string of the molecule is O=C(Nc1cccc(Sc2ccccc2)c1)c1ccc(N2CCOC2=O)cc1. The van der Waals surface area contributed by atoms with Crippen LogP contribution < -0.4 is 10.2 Å². The fraction of sp³-hybridized carbons (Fsp3) is 0.0909. The van der Waals surface area contributed by atoms with Gasteiger partial charge in [-0.3, -0.25) is 9.69 Å². The first-order valence-electron chi connectivity index (χ1n) is 8.88. The molecule has 6 heteroatoms. The van der Waals surface area contributed by atoms with Gasteiger partial charge in [0.1, 0.15) is 6.61 Å². The Morgan fingerprint density at radius 2 is 1.68 bits per heavy atom. The summed E-state index contributed by atoms with van der Waals surface area (Å²) in [7, 11) is 0. The summed E-state index contributed by atoms with van der Waals surface area (Å²) in [5.41, 5.74) is 1.98. The second-order valence-corrected chi connectivity index (χ2v) is 7.36. The van der Waals surface area contributed by atoms with E-state index < -0.39 is 0 Å². The average molecular weight is 390 g/mol. The zero-order valence-corrected chi connectivity index (χ0v) is 15.8. The Kier molecular flexibility index (Phi) is 5.30. The van der Waals surface area contributed by atoms with Crippen LogP contribution in [-0.4, -0.2) is 25.2 Å². The van der Waals surface area contributed by atoms with Crippen molar-refractivity contribution in [1.29, 1.82) is 0 Å². The fourth-order valence-electron chi connectivity index (χ4n) is 2.89. The van der Waals surface area contributed by atoms with Crippen LogP contribution in [0.5, 0.6) is 0 Å². The number of carbonyl (C=O) groups is 2. The summed E-state index contributed by atoms with van der Waals surface area (Å²) >= 11 is 1.64. The van der Waals surface area contributed by atoms with Gasteiger partial charge in [-0.1, -0.05) is 36.0 Å². The summed E-state index contributed by atoms with van der Waals surface area (Å²) in [6, 6.07) is 24.7. The van der Waals surface area contributed by atoms with Gasteiger partial charge in [0.25, 0.3) is 5.91 Å². The second kappa shape index (κ2) is 8.19. The Morgan fingerprint density at radius 1 is 0.929 bits per heavy atom. The van der Waals surface area contributed by atoms with Gasteiger partial charge in [0.2, 0.25) is 0 Å². The number of rotatable bonds is 5. The third-order valence-electron chi connectivity index (χ3n) is 4.27. The van der Waals surface area contributed by atoms with E-state index in [1.807, 2.05) is 54.6 Å². The summed E-state index contributed by atoms with van der Waals surface area (Å²) in [5, 5.41) is 2.92. The molecule has 0 bridgehead atoms. The molecule has 2 amide bonds. The largest absolute Gasteiger partial charge is 0.447 e. The molecular formula is C22H18N2O3S. The van der Waals surface area contributed by atoms with Crippen molar-refractivity contribution in [2.75, 3.05) is 23.4 Å². The second-order valence-electron chi connectivity index (χ2n) is 6.21. The molecule has 1 aliphatic heterocycles. The van der Waals surface area contributed by atoms with Crippen LogP contribution in [0.25, 0.3) is 0 Å². The lowest BCUT2D eigenvalue weighted by atomic mass is 10.1. The number of amides is 2. The number of anilines is 2. The van der Waals surface area contributed by atoms with Gasteiger partial charge in [-0.15, -0.1) is 0 Å². The number of nitrogens with zero attached hydrogens (tertiary/aromatic N) is 1. The number of carbonyl (C=O) groups excluding carboxylic acids is 2. The van der Waals surface area contributed by atoms with E-state index >= 15 is 0 Å². The van der Waals surface area contributed by atoms with Crippen molar-refractivity contribution in [3.05, 3.63) is 84.4 Å². The van der Waals surface area contributed by atoms with Gasteiger partial charge in [0.15, 0.2) is 0 Å². The number of hydrogen-bond donors (Lipinski definition) is 1. The smallest absolute Gasteiger partial charge is 0.414 e. The van der Waals surface area contributed by atoms with E-state index in [4.69, 9.17) is 4.74 Å². The van der Waals surface area contributed by atoms with Crippen molar-refractivity contribution in [3.8, 4) is 0 Å². The summed E-state index contributed by atoms with van der Waals surface area (Å²) in [6.45, 7) is 0.911. The van der Waals surface area contributed by atoms with Crippen LogP contribution in [0.1, 0.15) is 10.4 Å². The Hall–Kier alpha value is -3.25. The van der Waals surface area contributed by atoms with Crippen LogP contribution >= 0.6 is 11.8 Å². The van der Waals surface area contributed by atoms with Crippen LogP contribution in [0.15, 0.2) is 88.7 Å². The highest BCUT2D eigenvalue weighted by atomic mass is 32.2. The van der Waals surface area contributed by atoms with Crippen LogP contribution in [-0.2, 0) is 4.74 Å². The van der Waals surface area contributed by atoms with Gasteiger partial charge in [0.05, 0.1) is 6.54 Å². The van der Waals surface area contributed by atoms with Crippen molar-refractivity contribution < 1.29 is 14.3 Å². The maximum absolute atomic E-state index is 12.6. The zero-order chi connectivity index (χ0) is 19.3. The van der Waals surface area contributed by atoms with Crippen molar-refractivity contribution in [3.63, 3.8) is 0 Å². The van der Waals surface area contributed by atoms with E-state index in [1.165, 1.54) is 0 Å². The van der Waals surface area contributed by atoms with E-state index in [1.54, 1.807) is 40.9 Å². The molecule has 1 saturated heterocycles. The zero-order valence-electron chi connectivity index (χ0n) is 15.0. The van der Waals surface area contributed by atoms with Crippen LogP contribution in [0.4, 0.5) is 16.2 Å². The number of benzene rings is 3. The normalized spacial score (nSPS) is 13.3. The number of nitrogens with one attached hydrogen (secondary N) is 1. The van der Waals surface area contributed by atoms with Crippen LogP contribution in [0.2, 0.25) is 0 Å². The molecule has 5 nitrogen and oxygen atoms in total. The highest BCUT2D eigenvalue weighted by Gasteiger charge is 2.23. The fourth-order valence-corrected chi connectivity index (χ4v) is 3.78. The Morgan fingerprint density at radius 3 is 2.39 bits per heavy atom. The predicted octanol–water partition coefficient (Wildman–Crippen LogP) is 5.05. The van der Waals surface area contributed by atoms with E-state index in [2.05, 4.69) is 5.32 Å². The van der Waals surface area contributed by atoms with Crippen molar-refractivity contribution >= 4 is 35.1 Å². The first-order valence-corrected chi connectivity index (χ1v) is 9.69. The molecule has 0 aliphatic carbocycles. The molecule has 140 valence electrons. The van der Waals surface area contributed by atoms with E-state index in [9.17, 15) is 9.59 Å². The average Bonchev–Trinajstić information content (AvgIpc) is 3.15. The molecule has 1 N–H and O–H groups in total. The summed E-state index contributed by atoms with van der Waals surface area (Å²) < 4.78 is 4.94. The molecule has 0 atom stereocenters. The molecule has 1 aliphatic rings. The molecule has 0 radical (unpaired) electrons. The lowest BCUT2D eigenvalue weighted by Gasteiger charge is -2.13. The molecule has 0 saturated carbocycles. The minimum absolute atomic E-state index is 0.197. The Labute approximate surface area is 167 Å². The molecule has 3 aromatic rings. The number of ether oxygens (including phenoxy) is 1. The first kappa shape index (κ1) is 18.1. The van der Waals surface area contributed by atoms with Crippen LogP contribution in [0, 0.1) is 0 Å². The van der Waals surface area contributed by atoms with Gasteiger partial charge >= 0.3 is 6.09 Å². The Bertz CT molecular complexity index is 990. The van der Waals surface area contributed by atoms with E-state index in [-0.39, 0.29) is 12.0 Å². The van der Waals surface area contributed by atoms with Gasteiger partial charge in [-0.25, -0.2) is 4.79 Å². The molecule has 0 aromatic heterocycles. The van der Waals surface area contributed by atoms with Crippen molar-refractivity contribution in [2.45, 2.75) is 9.79 Å². The predicted molar refractivity (Wildman–Crippen MR) is 110 cm³/mol. The third kappa shape index (κ3) is 4.18. The van der Waals surface area contributed by atoms with Gasteiger partial charge in [0, 0.05) is 26.7 Å². The lowest BCUT2D eigenvalue weighted by Crippen LogP contribution is -2.23. The van der Waals surface area contributed by atoms with Crippen molar-refractivity contribution in [2.24, 2.45) is 0 Å². The maximum atomic E-state index is 12.6. The van der Waals surface area contributed by atoms with E-state index in [0.717, 1.165) is 21.2 Å². The van der Waals surface area contributed by atoms with Gasteiger partial charge in [-0.05, 0) is 54.6 Å². The summed E-state index contributed by atoms with van der Waals surface area (Å²) in [4.78, 5) is 27.9. The quantitative estimate of drug-likeness (QED) is 0.663. The highest BCUT2D eigenvalue weighted by molar-refractivity contribution is 7.99. The summed E-state index contributed by atoms with van der Waals surface area (Å²) in [6.07, 6.45) is -0.357. The number of hydrogen-bond acceptors (Lipinski definition) is 4. The van der Waals surface area contributed by atoms with Gasteiger partial charge < -0.3 is 10.1 Å². The lowest BCUT2D eigenvalue weighted by molar-refractivity contribution is 0.102. The third-order valence-corrected chi connectivity index (χ3v) is 5.27. The standard InChI is InChI=1S/C22H18N2O3S/c25-21(16-9-11-18(12-10-16)24-13-14-27-22(24)26)23-17-5-4-8-20(15-17)28-19-6-2-1-3-7-19/h1-12,15H,13-14H2,(H,23,25). The summed E-state index contributed by atoms with van der Waals surface area (Å²) in [5.74, 6) is -0.197. The molecule has 28 heavy (non-hydrogen) atoms. The minimum Gasteiger partial charge on any atom is -0.447 e. The maximum Gasteiger partial charge on any atom is 0.414 e. The molecule has 1 heterocycles. The molecule has 1 fully saturated rings. The molecular weight excluding hydrogens is 372 g/mol. The van der Waals surface area contributed by atoms with E-state index in [0.29, 0.717) is 18.7 Å². The topological polar surface area (TPSA) is 58.6 Å². The van der Waals surface area contributed by atoms with Gasteiger partial charge in [-0.2, -0.15) is 0 Å².